The van der Waals surface area contributed by atoms with E-state index < -0.39 is 17.3 Å². The molecule has 0 radical (unpaired) electrons. The van der Waals surface area contributed by atoms with Crippen LogP contribution in [-0.4, -0.2) is 17.6 Å². The molecule has 1 fully saturated rings. The molecule has 0 aromatic heterocycles. The summed E-state index contributed by atoms with van der Waals surface area (Å²) in [6, 6.07) is 2.56. The third-order valence-electron chi connectivity index (χ3n) is 4.24. The average molecular weight is 307 g/mol. The Bertz CT molecular complexity index is 639. The highest BCUT2D eigenvalue weighted by molar-refractivity contribution is 6.05. The van der Waals surface area contributed by atoms with Crippen molar-refractivity contribution in [3.8, 4) is 0 Å². The maximum Gasteiger partial charge on any atom is 0.220 e. The van der Waals surface area contributed by atoms with Gasteiger partial charge in [0.1, 0.15) is 23.0 Å². The molecule has 0 atom stereocenters. The first-order valence-corrected chi connectivity index (χ1v) is 7.38. The van der Waals surface area contributed by atoms with E-state index in [1.807, 2.05) is 0 Å². The van der Waals surface area contributed by atoms with Crippen LogP contribution in [0.5, 0.6) is 0 Å². The second-order valence-corrected chi connectivity index (χ2v) is 5.90. The van der Waals surface area contributed by atoms with Gasteiger partial charge in [-0.15, -0.1) is 0 Å². The fraction of sp³-hybridized carbons (Fsp3) is 0.467. The van der Waals surface area contributed by atoms with Gasteiger partial charge in [-0.2, -0.15) is 4.99 Å². The van der Waals surface area contributed by atoms with Gasteiger partial charge >= 0.3 is 0 Å². The SMILES string of the molecule is Cc1cc(F)c(N2C(N)=NC(N)=NC23CCCCC3)c(F)c1. The van der Waals surface area contributed by atoms with Crippen LogP contribution in [0, 0.1) is 18.6 Å². The lowest BCUT2D eigenvalue weighted by atomic mass is 9.87. The molecular formula is C15H19F2N5. The number of anilines is 1. The summed E-state index contributed by atoms with van der Waals surface area (Å²) in [6.45, 7) is 1.64. The van der Waals surface area contributed by atoms with Crippen LogP contribution in [0.4, 0.5) is 14.5 Å². The van der Waals surface area contributed by atoms with Gasteiger partial charge in [-0.05, 0) is 50.3 Å². The summed E-state index contributed by atoms with van der Waals surface area (Å²) in [6.07, 6.45) is 4.12. The molecule has 1 saturated carbocycles. The molecule has 1 aromatic carbocycles. The number of hydrogen-bond acceptors (Lipinski definition) is 5. The van der Waals surface area contributed by atoms with Crippen LogP contribution in [0.25, 0.3) is 0 Å². The Balaban J connectivity index is 2.16. The van der Waals surface area contributed by atoms with Crippen molar-refractivity contribution in [2.75, 3.05) is 4.90 Å². The number of halogens is 2. The zero-order valence-electron chi connectivity index (χ0n) is 12.4. The number of guanidine groups is 2. The fourth-order valence-electron chi connectivity index (χ4n) is 3.35. The average Bonchev–Trinajstić information content (AvgIpc) is 2.41. The molecule has 2 aliphatic rings. The molecule has 118 valence electrons. The maximum absolute atomic E-state index is 14.4. The molecule has 1 aliphatic carbocycles. The van der Waals surface area contributed by atoms with Crippen LogP contribution in [0.2, 0.25) is 0 Å². The van der Waals surface area contributed by atoms with Crippen molar-refractivity contribution >= 4 is 17.6 Å². The van der Waals surface area contributed by atoms with Crippen molar-refractivity contribution in [2.45, 2.75) is 44.7 Å². The summed E-state index contributed by atoms with van der Waals surface area (Å²) >= 11 is 0. The Morgan fingerprint density at radius 1 is 1.09 bits per heavy atom. The van der Waals surface area contributed by atoms with Gasteiger partial charge in [0.2, 0.25) is 11.9 Å². The second-order valence-electron chi connectivity index (χ2n) is 5.90. The topological polar surface area (TPSA) is 80.0 Å². The largest absolute Gasteiger partial charge is 0.369 e. The normalized spacial score (nSPS) is 20.8. The molecule has 22 heavy (non-hydrogen) atoms. The maximum atomic E-state index is 14.4. The predicted octanol–water partition coefficient (Wildman–Crippen LogP) is 2.38. The molecule has 0 unspecified atom stereocenters. The first kappa shape index (κ1) is 14.7. The van der Waals surface area contributed by atoms with Crippen LogP contribution >= 0.6 is 0 Å². The van der Waals surface area contributed by atoms with E-state index in [1.54, 1.807) is 6.92 Å². The Hall–Kier alpha value is -2.18. The molecule has 1 spiro atoms. The Morgan fingerprint density at radius 2 is 1.68 bits per heavy atom. The summed E-state index contributed by atoms with van der Waals surface area (Å²) < 4.78 is 28.9. The lowest BCUT2D eigenvalue weighted by Crippen LogP contribution is -2.58. The predicted molar refractivity (Wildman–Crippen MR) is 82.6 cm³/mol. The highest BCUT2D eigenvalue weighted by atomic mass is 19.1. The Kier molecular flexibility index (Phi) is 3.50. The van der Waals surface area contributed by atoms with Gasteiger partial charge in [0.15, 0.2) is 0 Å². The van der Waals surface area contributed by atoms with Gasteiger partial charge in [0.25, 0.3) is 0 Å². The van der Waals surface area contributed by atoms with Gasteiger partial charge in [-0.1, -0.05) is 6.42 Å². The summed E-state index contributed by atoms with van der Waals surface area (Å²) in [5, 5.41) is 0. The number of rotatable bonds is 1. The number of aliphatic imine (C=N–C) groups is 2. The van der Waals surface area contributed by atoms with Gasteiger partial charge in [-0.25, -0.2) is 13.8 Å². The monoisotopic (exact) mass is 307 g/mol. The van der Waals surface area contributed by atoms with Gasteiger partial charge in [-0.3, -0.25) is 4.90 Å². The van der Waals surface area contributed by atoms with Crippen LogP contribution < -0.4 is 16.4 Å². The molecule has 0 saturated heterocycles. The van der Waals surface area contributed by atoms with Crippen molar-refractivity contribution in [1.29, 1.82) is 0 Å². The molecule has 4 N–H and O–H groups in total. The summed E-state index contributed by atoms with van der Waals surface area (Å²) in [4.78, 5) is 9.70. The highest BCUT2D eigenvalue weighted by Gasteiger charge is 2.44. The van der Waals surface area contributed by atoms with Crippen molar-refractivity contribution in [3.05, 3.63) is 29.3 Å². The quantitative estimate of drug-likeness (QED) is 0.836. The molecule has 1 aliphatic heterocycles. The van der Waals surface area contributed by atoms with Crippen LogP contribution in [0.1, 0.15) is 37.7 Å². The third kappa shape index (κ3) is 2.30. The van der Waals surface area contributed by atoms with E-state index in [0.29, 0.717) is 18.4 Å². The number of aryl methyl sites for hydroxylation is 1. The van der Waals surface area contributed by atoms with E-state index in [-0.39, 0.29) is 17.6 Å². The fourth-order valence-corrected chi connectivity index (χ4v) is 3.35. The minimum atomic E-state index is -0.842. The van der Waals surface area contributed by atoms with Crippen LogP contribution in [-0.2, 0) is 0 Å². The number of benzene rings is 1. The molecule has 5 nitrogen and oxygen atoms in total. The Labute approximate surface area is 127 Å². The van der Waals surface area contributed by atoms with E-state index in [4.69, 9.17) is 11.5 Å². The number of nitrogens with zero attached hydrogens (tertiary/aromatic N) is 3. The Morgan fingerprint density at radius 3 is 2.27 bits per heavy atom. The van der Waals surface area contributed by atoms with E-state index in [0.717, 1.165) is 19.3 Å². The zero-order valence-corrected chi connectivity index (χ0v) is 12.4. The van der Waals surface area contributed by atoms with E-state index in [2.05, 4.69) is 9.98 Å². The number of nitrogens with two attached hydrogens (primary N) is 2. The first-order valence-electron chi connectivity index (χ1n) is 7.38. The summed E-state index contributed by atoms with van der Waals surface area (Å²) in [5.74, 6) is -1.30. The third-order valence-corrected chi connectivity index (χ3v) is 4.24. The van der Waals surface area contributed by atoms with E-state index in [9.17, 15) is 8.78 Å². The molecule has 0 bridgehead atoms. The second kappa shape index (κ2) is 5.23. The standard InChI is InChI=1S/C15H19F2N5/c1-9-7-10(16)12(11(17)8-9)22-14(19)20-13(18)21-15(22)5-3-2-4-6-15/h7-8H,2-6H2,1H3,(H4,18,19,20,21). The zero-order chi connectivity index (χ0) is 15.9. The smallest absolute Gasteiger partial charge is 0.220 e. The van der Waals surface area contributed by atoms with E-state index in [1.165, 1.54) is 17.0 Å². The lowest BCUT2D eigenvalue weighted by Gasteiger charge is -2.45. The van der Waals surface area contributed by atoms with Crippen molar-refractivity contribution < 1.29 is 8.78 Å². The van der Waals surface area contributed by atoms with Crippen LogP contribution in [0.15, 0.2) is 22.1 Å². The molecule has 1 heterocycles. The minimum absolute atomic E-state index is 0.0175. The van der Waals surface area contributed by atoms with Gasteiger partial charge < -0.3 is 11.5 Å². The molecule has 7 heteroatoms. The highest BCUT2D eigenvalue weighted by Crippen LogP contribution is 2.41. The molecule has 0 amide bonds. The van der Waals surface area contributed by atoms with Gasteiger partial charge in [0.05, 0.1) is 0 Å². The lowest BCUT2D eigenvalue weighted by molar-refractivity contribution is 0.302. The van der Waals surface area contributed by atoms with Gasteiger partial charge in [0, 0.05) is 0 Å². The number of hydrogen-bond donors (Lipinski definition) is 2. The summed E-state index contributed by atoms with van der Waals surface area (Å²) in [5.41, 5.74) is 11.2. The van der Waals surface area contributed by atoms with Crippen molar-refractivity contribution in [1.82, 2.24) is 0 Å². The minimum Gasteiger partial charge on any atom is -0.369 e. The first-order chi connectivity index (χ1) is 10.4. The van der Waals surface area contributed by atoms with Crippen LogP contribution in [0.3, 0.4) is 0 Å². The van der Waals surface area contributed by atoms with Crippen molar-refractivity contribution in [3.63, 3.8) is 0 Å². The van der Waals surface area contributed by atoms with E-state index >= 15 is 0 Å². The molecule has 3 rings (SSSR count). The molecule has 1 aromatic rings. The van der Waals surface area contributed by atoms with Crippen molar-refractivity contribution in [2.24, 2.45) is 21.5 Å². The molecular weight excluding hydrogens is 288 g/mol. The summed E-state index contributed by atoms with van der Waals surface area (Å²) in [7, 11) is 0.